The van der Waals surface area contributed by atoms with Gasteiger partial charge in [0, 0.05) is 0 Å². The van der Waals surface area contributed by atoms with E-state index in [1.54, 1.807) is 0 Å². The van der Waals surface area contributed by atoms with Crippen molar-refractivity contribution in [1.29, 1.82) is 0 Å². The molecule has 1 rings (SSSR count). The average Bonchev–Trinajstić information content (AvgIpc) is 2.35. The molecule has 0 heterocycles. The van der Waals surface area contributed by atoms with Crippen LogP contribution in [0.4, 0.5) is 0 Å². The van der Waals surface area contributed by atoms with Gasteiger partial charge < -0.3 is 20.1 Å². The maximum absolute atomic E-state index is 11.1. The topological polar surface area (TPSA) is 104 Å². The number of ketones is 1. The van der Waals surface area contributed by atoms with Crippen LogP contribution in [0.15, 0.2) is 18.2 Å². The smallest absolute Gasteiger partial charge is 0.337 e. The predicted octanol–water partition coefficient (Wildman–Crippen LogP) is 0.162. The molecule has 0 saturated heterocycles. The van der Waals surface area contributed by atoms with E-state index in [0.29, 0.717) is 0 Å². The number of aromatic hydroxyl groups is 1. The molecule has 18 heavy (non-hydrogen) atoms. The largest absolute Gasteiger partial charge is 0.507 e. The van der Waals surface area contributed by atoms with Gasteiger partial charge in [-0.25, -0.2) is 4.79 Å². The van der Waals surface area contributed by atoms with Gasteiger partial charge in [-0.2, -0.15) is 0 Å². The number of hydrogen-bond acceptors (Lipinski definition) is 6. The van der Waals surface area contributed by atoms with E-state index >= 15 is 0 Å². The molecular weight excluding hydrogens is 240 g/mol. The lowest BCUT2D eigenvalue weighted by atomic mass is 10.0. The Balaban J connectivity index is 3.01. The van der Waals surface area contributed by atoms with E-state index in [1.807, 2.05) is 0 Å². The first-order valence-electron chi connectivity index (χ1n) is 5.16. The van der Waals surface area contributed by atoms with Crippen LogP contribution in [0.1, 0.15) is 28.9 Å². The molecular formula is C12H14O6. The number of hydrogen-bond donors (Lipinski definition) is 3. The van der Waals surface area contributed by atoms with Crippen molar-refractivity contribution >= 4 is 11.8 Å². The van der Waals surface area contributed by atoms with Gasteiger partial charge in [-0.3, -0.25) is 4.79 Å². The third-order valence-electron chi connectivity index (χ3n) is 2.48. The number of rotatable bonds is 4. The molecule has 6 heteroatoms. The Morgan fingerprint density at radius 3 is 2.33 bits per heavy atom. The Labute approximate surface area is 103 Å². The Bertz CT molecular complexity index is 468. The molecule has 0 aliphatic rings. The SMILES string of the molecule is COC(=O)C(O)C(O)c1ccc(C(C)=O)c(O)c1. The van der Waals surface area contributed by atoms with Crippen LogP contribution < -0.4 is 0 Å². The molecule has 6 nitrogen and oxygen atoms in total. The normalized spacial score (nSPS) is 13.8. The molecule has 1 aromatic carbocycles. The summed E-state index contributed by atoms with van der Waals surface area (Å²) in [4.78, 5) is 22.1. The molecule has 2 atom stereocenters. The number of benzene rings is 1. The van der Waals surface area contributed by atoms with Crippen molar-refractivity contribution in [2.75, 3.05) is 7.11 Å². The predicted molar refractivity (Wildman–Crippen MR) is 61.1 cm³/mol. The third-order valence-corrected chi connectivity index (χ3v) is 2.48. The summed E-state index contributed by atoms with van der Waals surface area (Å²) < 4.78 is 4.28. The lowest BCUT2D eigenvalue weighted by molar-refractivity contribution is -0.156. The average molecular weight is 254 g/mol. The second-order valence-corrected chi connectivity index (χ2v) is 3.75. The molecule has 98 valence electrons. The van der Waals surface area contributed by atoms with Crippen molar-refractivity contribution in [3.63, 3.8) is 0 Å². The molecule has 0 fully saturated rings. The van der Waals surface area contributed by atoms with Crippen molar-refractivity contribution < 1.29 is 29.6 Å². The molecule has 0 saturated carbocycles. The molecule has 0 aliphatic heterocycles. The molecule has 0 aromatic heterocycles. The first-order chi connectivity index (χ1) is 8.38. The summed E-state index contributed by atoms with van der Waals surface area (Å²) in [5, 5.41) is 28.7. The first kappa shape index (κ1) is 14.1. The summed E-state index contributed by atoms with van der Waals surface area (Å²) in [6, 6.07) is 3.76. The zero-order valence-corrected chi connectivity index (χ0v) is 9.95. The molecule has 0 amide bonds. The summed E-state index contributed by atoms with van der Waals surface area (Å²) >= 11 is 0. The van der Waals surface area contributed by atoms with E-state index in [9.17, 15) is 24.9 Å². The highest BCUT2D eigenvalue weighted by atomic mass is 16.5. The number of carbonyl (C=O) groups excluding carboxylic acids is 2. The Morgan fingerprint density at radius 2 is 1.89 bits per heavy atom. The third kappa shape index (κ3) is 2.85. The molecule has 0 radical (unpaired) electrons. The summed E-state index contributed by atoms with van der Waals surface area (Å²) in [6.07, 6.45) is -3.29. The lowest BCUT2D eigenvalue weighted by Gasteiger charge is -2.16. The number of ether oxygens (including phenoxy) is 1. The van der Waals surface area contributed by atoms with Gasteiger partial charge in [-0.1, -0.05) is 6.07 Å². The van der Waals surface area contributed by atoms with Gasteiger partial charge >= 0.3 is 5.97 Å². The van der Waals surface area contributed by atoms with E-state index < -0.39 is 18.2 Å². The number of phenols is 1. The second kappa shape index (κ2) is 5.61. The molecule has 3 N–H and O–H groups in total. The van der Waals surface area contributed by atoms with Crippen LogP contribution in [0.25, 0.3) is 0 Å². The van der Waals surface area contributed by atoms with Crippen LogP contribution in [0, 0.1) is 0 Å². The molecule has 0 aliphatic carbocycles. The standard InChI is InChI=1S/C12H14O6/c1-6(13)8-4-3-7(5-9(8)14)10(15)11(16)12(17)18-2/h3-5,10-11,14-16H,1-2H3. The van der Waals surface area contributed by atoms with Crippen LogP contribution in [0.2, 0.25) is 0 Å². The summed E-state index contributed by atoms with van der Waals surface area (Å²) in [6.45, 7) is 1.29. The van der Waals surface area contributed by atoms with Gasteiger partial charge in [0.25, 0.3) is 0 Å². The zero-order valence-electron chi connectivity index (χ0n) is 9.95. The maximum Gasteiger partial charge on any atom is 0.337 e. The zero-order chi connectivity index (χ0) is 13.9. The Hall–Kier alpha value is -1.92. The van der Waals surface area contributed by atoms with Crippen LogP contribution in [-0.4, -0.2) is 40.3 Å². The van der Waals surface area contributed by atoms with E-state index in [2.05, 4.69) is 4.74 Å². The van der Waals surface area contributed by atoms with E-state index in [4.69, 9.17) is 0 Å². The van der Waals surface area contributed by atoms with E-state index in [0.717, 1.165) is 13.2 Å². The molecule has 2 unspecified atom stereocenters. The Morgan fingerprint density at radius 1 is 1.28 bits per heavy atom. The highest BCUT2D eigenvalue weighted by Gasteiger charge is 2.27. The van der Waals surface area contributed by atoms with Crippen molar-refractivity contribution in [3.05, 3.63) is 29.3 Å². The van der Waals surface area contributed by atoms with Crippen LogP contribution in [0.3, 0.4) is 0 Å². The van der Waals surface area contributed by atoms with E-state index in [-0.39, 0.29) is 22.7 Å². The van der Waals surface area contributed by atoms with Crippen molar-refractivity contribution in [1.82, 2.24) is 0 Å². The fourth-order valence-corrected chi connectivity index (χ4v) is 1.46. The van der Waals surface area contributed by atoms with Crippen molar-refractivity contribution in [2.24, 2.45) is 0 Å². The number of Topliss-reactive ketones (excluding diaryl/α,β-unsaturated/α-hetero) is 1. The minimum absolute atomic E-state index is 0.0958. The fourth-order valence-electron chi connectivity index (χ4n) is 1.46. The maximum atomic E-state index is 11.1. The minimum Gasteiger partial charge on any atom is -0.507 e. The first-order valence-corrected chi connectivity index (χ1v) is 5.16. The number of esters is 1. The second-order valence-electron chi connectivity index (χ2n) is 3.75. The number of aliphatic hydroxyl groups is 2. The van der Waals surface area contributed by atoms with Gasteiger partial charge in [0.15, 0.2) is 11.9 Å². The molecule has 0 bridgehead atoms. The van der Waals surface area contributed by atoms with Gasteiger partial charge in [-0.15, -0.1) is 0 Å². The summed E-state index contributed by atoms with van der Waals surface area (Å²) in [7, 11) is 1.08. The van der Waals surface area contributed by atoms with Gasteiger partial charge in [0.2, 0.25) is 0 Å². The van der Waals surface area contributed by atoms with Crippen molar-refractivity contribution in [2.45, 2.75) is 19.1 Å². The van der Waals surface area contributed by atoms with Gasteiger partial charge in [0.05, 0.1) is 12.7 Å². The summed E-state index contributed by atoms with van der Waals surface area (Å²) in [5.41, 5.74) is 0.203. The summed E-state index contributed by atoms with van der Waals surface area (Å²) in [5.74, 6) is -1.64. The van der Waals surface area contributed by atoms with Crippen LogP contribution in [-0.2, 0) is 9.53 Å². The number of aliphatic hydroxyl groups excluding tert-OH is 2. The molecule has 1 aromatic rings. The lowest BCUT2D eigenvalue weighted by Crippen LogP contribution is -2.29. The van der Waals surface area contributed by atoms with Crippen molar-refractivity contribution in [3.8, 4) is 5.75 Å². The highest BCUT2D eigenvalue weighted by Crippen LogP contribution is 2.25. The van der Waals surface area contributed by atoms with Crippen LogP contribution in [0.5, 0.6) is 5.75 Å². The van der Waals surface area contributed by atoms with Crippen LogP contribution >= 0.6 is 0 Å². The number of phenolic OH excluding ortho intramolecular Hbond substituents is 1. The monoisotopic (exact) mass is 254 g/mol. The number of carbonyl (C=O) groups is 2. The van der Waals surface area contributed by atoms with Gasteiger partial charge in [-0.05, 0) is 24.6 Å². The molecule has 0 spiro atoms. The quantitative estimate of drug-likeness (QED) is 0.522. The highest BCUT2D eigenvalue weighted by molar-refractivity contribution is 5.96. The Kier molecular flexibility index (Phi) is 4.41. The fraction of sp³-hybridized carbons (Fsp3) is 0.333. The van der Waals surface area contributed by atoms with E-state index in [1.165, 1.54) is 19.1 Å². The minimum atomic E-state index is -1.75. The van der Waals surface area contributed by atoms with Gasteiger partial charge in [0.1, 0.15) is 11.9 Å². The number of methoxy groups -OCH3 is 1.